The number of nitrogens with one attached hydrogen (secondary N) is 1. The van der Waals surface area contributed by atoms with Crippen LogP contribution in [-0.4, -0.2) is 35.7 Å². The van der Waals surface area contributed by atoms with E-state index in [-0.39, 0.29) is 11.1 Å². The van der Waals surface area contributed by atoms with Crippen molar-refractivity contribution in [2.45, 2.75) is 43.2 Å². The van der Waals surface area contributed by atoms with Crippen molar-refractivity contribution in [1.29, 1.82) is 0 Å². The number of hydrogen-bond donors (Lipinski definition) is 2. The second-order valence-electron chi connectivity index (χ2n) is 8.59. The minimum absolute atomic E-state index is 0.0533. The Hall–Kier alpha value is -2.30. The summed E-state index contributed by atoms with van der Waals surface area (Å²) in [6.07, 6.45) is 5.00. The molecule has 0 atom stereocenters. The fraction of sp³-hybridized carbons (Fsp3) is 0.417. The third-order valence-electron chi connectivity index (χ3n) is 7.13. The van der Waals surface area contributed by atoms with Crippen LogP contribution < -0.4 is 0 Å². The molecule has 1 aromatic heterocycles. The molecule has 4 heteroatoms. The maximum absolute atomic E-state index is 9.96. The van der Waals surface area contributed by atoms with Gasteiger partial charge in [-0.25, -0.2) is 0 Å². The normalized spacial score (nSPS) is 27.4. The van der Waals surface area contributed by atoms with Gasteiger partial charge in [0.05, 0.1) is 12.3 Å². The monoisotopic (exact) mass is 376 g/mol. The van der Waals surface area contributed by atoms with Crippen molar-refractivity contribution in [3.63, 3.8) is 0 Å². The Morgan fingerprint density at radius 3 is 2.46 bits per heavy atom. The van der Waals surface area contributed by atoms with Crippen LogP contribution >= 0.6 is 0 Å². The van der Waals surface area contributed by atoms with Crippen LogP contribution in [0.2, 0.25) is 0 Å². The summed E-state index contributed by atoms with van der Waals surface area (Å²) >= 11 is 0. The van der Waals surface area contributed by atoms with E-state index in [0.29, 0.717) is 5.75 Å². The summed E-state index contributed by atoms with van der Waals surface area (Å²) in [5.74, 6) is 0.328. The fourth-order valence-corrected chi connectivity index (χ4v) is 5.51. The Labute approximate surface area is 166 Å². The minimum atomic E-state index is -0.240. The molecular weight excluding hydrogens is 348 g/mol. The van der Waals surface area contributed by atoms with E-state index in [1.807, 2.05) is 12.1 Å². The molecule has 1 fully saturated rings. The molecule has 1 saturated carbocycles. The molecule has 2 heterocycles. The predicted octanol–water partition coefficient (Wildman–Crippen LogP) is 4.67. The quantitative estimate of drug-likeness (QED) is 0.683. The van der Waals surface area contributed by atoms with E-state index in [4.69, 9.17) is 4.74 Å². The molecule has 0 saturated heterocycles. The number of aromatic amines is 1. The smallest absolute Gasteiger partial charge is 0.116 e. The highest BCUT2D eigenvalue weighted by Gasteiger charge is 2.49. The third-order valence-corrected chi connectivity index (χ3v) is 7.13. The highest BCUT2D eigenvalue weighted by molar-refractivity contribution is 5.86. The van der Waals surface area contributed by atoms with Gasteiger partial charge in [0.25, 0.3) is 0 Å². The van der Waals surface area contributed by atoms with Crippen LogP contribution in [0.25, 0.3) is 10.9 Å². The highest BCUT2D eigenvalue weighted by Crippen LogP contribution is 2.52. The molecule has 1 aliphatic carbocycles. The Kier molecular flexibility index (Phi) is 4.04. The molecule has 2 aromatic carbocycles. The van der Waals surface area contributed by atoms with Crippen molar-refractivity contribution in [3.8, 4) is 5.75 Å². The lowest BCUT2D eigenvalue weighted by Crippen LogP contribution is -2.50. The number of ether oxygens (including phenoxy) is 1. The van der Waals surface area contributed by atoms with Crippen LogP contribution in [0.4, 0.5) is 0 Å². The van der Waals surface area contributed by atoms with E-state index in [2.05, 4.69) is 54.3 Å². The number of aromatic hydroxyl groups is 1. The second-order valence-corrected chi connectivity index (χ2v) is 8.59. The van der Waals surface area contributed by atoms with Gasteiger partial charge >= 0.3 is 0 Å². The van der Waals surface area contributed by atoms with E-state index < -0.39 is 0 Å². The zero-order valence-electron chi connectivity index (χ0n) is 16.7. The Morgan fingerprint density at radius 1 is 1.00 bits per heavy atom. The number of phenols is 1. The number of fused-ring (bicyclic) bond motifs is 4. The van der Waals surface area contributed by atoms with E-state index in [0.717, 1.165) is 49.6 Å². The summed E-state index contributed by atoms with van der Waals surface area (Å²) in [5.41, 5.74) is 4.87. The fourth-order valence-electron chi connectivity index (χ4n) is 5.51. The lowest BCUT2D eigenvalue weighted by Gasteiger charge is -2.50. The first-order valence-corrected chi connectivity index (χ1v) is 10.3. The first kappa shape index (κ1) is 17.8. The van der Waals surface area contributed by atoms with Gasteiger partial charge in [0.15, 0.2) is 0 Å². The van der Waals surface area contributed by atoms with E-state index in [1.165, 1.54) is 16.8 Å². The minimum Gasteiger partial charge on any atom is -0.508 e. The Bertz CT molecular complexity index is 998. The molecule has 2 N–H and O–H groups in total. The maximum Gasteiger partial charge on any atom is 0.116 e. The third kappa shape index (κ3) is 2.51. The van der Waals surface area contributed by atoms with Crippen molar-refractivity contribution in [2.75, 3.05) is 20.7 Å². The van der Waals surface area contributed by atoms with Crippen LogP contribution in [-0.2, 0) is 22.3 Å². The van der Waals surface area contributed by atoms with Gasteiger partial charge in [0.2, 0.25) is 0 Å². The summed E-state index contributed by atoms with van der Waals surface area (Å²) in [7, 11) is 4.40. The molecule has 0 bridgehead atoms. The standard InChI is InChI=1S/C24H28N2O2/c1-26(2)23(17-6-4-3-5-7-17)11-13-24(14-12-23)22-19(10-15-28-24)20-16-18(27)8-9-21(20)25-22/h3-9,16,25,27H,10-15H2,1-2H3. The summed E-state index contributed by atoms with van der Waals surface area (Å²) in [5, 5.41) is 11.1. The number of H-pyrrole nitrogens is 1. The molecule has 146 valence electrons. The van der Waals surface area contributed by atoms with Gasteiger partial charge in [-0.3, -0.25) is 4.90 Å². The van der Waals surface area contributed by atoms with E-state index >= 15 is 0 Å². The molecule has 0 radical (unpaired) electrons. The Morgan fingerprint density at radius 2 is 1.75 bits per heavy atom. The first-order valence-electron chi connectivity index (χ1n) is 10.3. The maximum atomic E-state index is 9.96. The SMILES string of the molecule is CN(C)C1(c2ccccc2)CCC2(CC1)OCCc1c2[nH]c2ccc(O)cc12. The van der Waals surface area contributed by atoms with Gasteiger partial charge in [0.1, 0.15) is 11.4 Å². The first-order chi connectivity index (χ1) is 13.5. The van der Waals surface area contributed by atoms with Gasteiger partial charge in [-0.2, -0.15) is 0 Å². The number of nitrogens with zero attached hydrogens (tertiary/aromatic N) is 1. The molecule has 4 nitrogen and oxygen atoms in total. The summed E-state index contributed by atoms with van der Waals surface area (Å²) in [4.78, 5) is 6.04. The largest absolute Gasteiger partial charge is 0.508 e. The van der Waals surface area contributed by atoms with Gasteiger partial charge in [-0.05, 0) is 75.5 Å². The van der Waals surface area contributed by atoms with E-state index in [1.54, 1.807) is 6.07 Å². The van der Waals surface area contributed by atoms with Crippen molar-refractivity contribution in [2.24, 2.45) is 0 Å². The molecule has 5 rings (SSSR count). The zero-order chi connectivity index (χ0) is 19.4. The predicted molar refractivity (Wildman–Crippen MR) is 112 cm³/mol. The number of rotatable bonds is 2. The van der Waals surface area contributed by atoms with Crippen molar-refractivity contribution < 1.29 is 9.84 Å². The second kappa shape index (κ2) is 6.36. The highest BCUT2D eigenvalue weighted by atomic mass is 16.5. The molecular formula is C24H28N2O2. The molecule has 1 spiro atoms. The van der Waals surface area contributed by atoms with Gasteiger partial charge in [0, 0.05) is 16.4 Å². The number of phenolic OH excluding ortho intramolecular Hbond substituents is 1. The molecule has 1 aliphatic heterocycles. The number of aromatic nitrogens is 1. The molecule has 0 amide bonds. The number of benzene rings is 2. The molecule has 0 unspecified atom stereocenters. The van der Waals surface area contributed by atoms with Crippen LogP contribution in [0.1, 0.15) is 42.5 Å². The van der Waals surface area contributed by atoms with Gasteiger partial charge < -0.3 is 14.8 Å². The average molecular weight is 376 g/mol. The van der Waals surface area contributed by atoms with Crippen molar-refractivity contribution >= 4 is 10.9 Å². The molecule has 2 aliphatic rings. The van der Waals surface area contributed by atoms with Crippen LogP contribution in [0.3, 0.4) is 0 Å². The molecule has 28 heavy (non-hydrogen) atoms. The lowest BCUT2D eigenvalue weighted by atomic mass is 9.68. The van der Waals surface area contributed by atoms with Crippen LogP contribution in [0.15, 0.2) is 48.5 Å². The van der Waals surface area contributed by atoms with Crippen LogP contribution in [0, 0.1) is 0 Å². The van der Waals surface area contributed by atoms with Crippen LogP contribution in [0.5, 0.6) is 5.75 Å². The Balaban J connectivity index is 1.54. The lowest BCUT2D eigenvalue weighted by molar-refractivity contribution is -0.113. The topological polar surface area (TPSA) is 48.5 Å². The summed E-state index contributed by atoms with van der Waals surface area (Å²) in [6, 6.07) is 16.5. The summed E-state index contributed by atoms with van der Waals surface area (Å²) in [6.45, 7) is 0.746. The number of hydrogen-bond acceptors (Lipinski definition) is 3. The van der Waals surface area contributed by atoms with Gasteiger partial charge in [-0.1, -0.05) is 30.3 Å². The van der Waals surface area contributed by atoms with Crippen molar-refractivity contribution in [1.82, 2.24) is 9.88 Å². The zero-order valence-corrected chi connectivity index (χ0v) is 16.7. The van der Waals surface area contributed by atoms with Gasteiger partial charge in [-0.15, -0.1) is 0 Å². The summed E-state index contributed by atoms with van der Waals surface area (Å²) < 4.78 is 6.49. The van der Waals surface area contributed by atoms with Crippen molar-refractivity contribution in [3.05, 3.63) is 65.4 Å². The molecule has 3 aromatic rings. The van der Waals surface area contributed by atoms with E-state index in [9.17, 15) is 5.11 Å². The average Bonchev–Trinajstić information content (AvgIpc) is 3.09.